The van der Waals surface area contributed by atoms with E-state index in [0.29, 0.717) is 13.0 Å². The molecule has 1 aromatic carbocycles. The topological polar surface area (TPSA) is 50.7 Å². The van der Waals surface area contributed by atoms with Gasteiger partial charge in [-0.15, -0.1) is 0 Å². The fourth-order valence-corrected chi connectivity index (χ4v) is 2.73. The Morgan fingerprint density at radius 3 is 2.75 bits per heavy atom. The van der Waals surface area contributed by atoms with Crippen LogP contribution in [0.4, 0.5) is 13.2 Å². The first-order chi connectivity index (χ1) is 11.4. The molecule has 0 saturated carbocycles. The Balaban J connectivity index is 1.97. The van der Waals surface area contributed by atoms with Crippen LogP contribution in [0.1, 0.15) is 17.5 Å². The SMILES string of the molecule is CNC1=C(c2cccc(C(F)(F)F)c2)C(=O)C(C2=CCC=NC2)O1. The Labute approximate surface area is 136 Å². The lowest BCUT2D eigenvalue weighted by molar-refractivity contribution is -0.137. The number of halogens is 3. The molecule has 0 fully saturated rings. The zero-order chi connectivity index (χ0) is 17.3. The number of dihydropyridines is 1. The number of aliphatic imine (C=N–C) groups is 1. The summed E-state index contributed by atoms with van der Waals surface area (Å²) in [5.41, 5.74) is 0.226. The molecule has 0 radical (unpaired) electrons. The molecule has 0 saturated heterocycles. The second-order valence-corrected chi connectivity index (χ2v) is 5.43. The maximum Gasteiger partial charge on any atom is 0.416 e. The van der Waals surface area contributed by atoms with Crippen LogP contribution >= 0.6 is 0 Å². The van der Waals surface area contributed by atoms with Gasteiger partial charge in [-0.3, -0.25) is 9.79 Å². The van der Waals surface area contributed by atoms with E-state index in [4.69, 9.17) is 4.74 Å². The smallest absolute Gasteiger partial charge is 0.416 e. The highest BCUT2D eigenvalue weighted by atomic mass is 19.4. The molecule has 0 bridgehead atoms. The Hall–Kier alpha value is -2.57. The van der Waals surface area contributed by atoms with Crippen molar-refractivity contribution in [1.29, 1.82) is 0 Å². The number of hydrogen-bond acceptors (Lipinski definition) is 4. The Morgan fingerprint density at radius 1 is 1.33 bits per heavy atom. The lowest BCUT2D eigenvalue weighted by Crippen LogP contribution is -2.24. The fourth-order valence-electron chi connectivity index (χ4n) is 2.73. The second kappa shape index (κ2) is 6.14. The molecule has 2 heterocycles. The monoisotopic (exact) mass is 336 g/mol. The number of alkyl halides is 3. The highest BCUT2D eigenvalue weighted by Gasteiger charge is 2.39. The van der Waals surface area contributed by atoms with Crippen molar-refractivity contribution in [2.24, 2.45) is 4.99 Å². The molecular weight excluding hydrogens is 321 g/mol. The number of hydrogen-bond donors (Lipinski definition) is 1. The predicted molar refractivity (Wildman–Crippen MR) is 83.4 cm³/mol. The number of nitrogens with zero attached hydrogens (tertiary/aromatic N) is 1. The average Bonchev–Trinajstić information content (AvgIpc) is 2.91. The van der Waals surface area contributed by atoms with Crippen LogP contribution in [0.2, 0.25) is 0 Å². The van der Waals surface area contributed by atoms with Crippen molar-refractivity contribution in [3.63, 3.8) is 0 Å². The molecule has 0 spiro atoms. The van der Waals surface area contributed by atoms with E-state index in [2.05, 4.69) is 10.3 Å². The van der Waals surface area contributed by atoms with E-state index < -0.39 is 17.8 Å². The first kappa shape index (κ1) is 16.3. The minimum absolute atomic E-state index is 0.129. The number of rotatable bonds is 3. The molecule has 126 valence electrons. The van der Waals surface area contributed by atoms with Crippen LogP contribution in [-0.4, -0.2) is 31.7 Å². The van der Waals surface area contributed by atoms with Crippen molar-refractivity contribution in [2.75, 3.05) is 13.6 Å². The maximum atomic E-state index is 12.9. The number of nitrogens with one attached hydrogen (secondary N) is 1. The number of ketones is 1. The van der Waals surface area contributed by atoms with Gasteiger partial charge in [0, 0.05) is 19.7 Å². The van der Waals surface area contributed by atoms with Crippen molar-refractivity contribution < 1.29 is 22.7 Å². The van der Waals surface area contributed by atoms with Gasteiger partial charge in [0.2, 0.25) is 5.78 Å². The fraction of sp³-hybridized carbons (Fsp3) is 0.294. The van der Waals surface area contributed by atoms with Gasteiger partial charge in [-0.2, -0.15) is 13.2 Å². The predicted octanol–water partition coefficient (Wildman–Crippen LogP) is 2.96. The quantitative estimate of drug-likeness (QED) is 0.864. The summed E-state index contributed by atoms with van der Waals surface area (Å²) in [6.07, 6.45) is -1.11. The minimum atomic E-state index is -4.47. The van der Waals surface area contributed by atoms with Gasteiger partial charge in [0.15, 0.2) is 12.0 Å². The summed E-state index contributed by atoms with van der Waals surface area (Å²) in [6.45, 7) is 0.350. The van der Waals surface area contributed by atoms with E-state index in [1.54, 1.807) is 13.3 Å². The number of allylic oxidation sites excluding steroid dienone is 1. The number of carbonyl (C=O) groups is 1. The summed E-state index contributed by atoms with van der Waals surface area (Å²) < 4.78 is 44.4. The molecule has 3 rings (SSSR count). The summed E-state index contributed by atoms with van der Waals surface area (Å²) in [4.78, 5) is 16.9. The number of benzene rings is 1. The Kier molecular flexibility index (Phi) is 4.17. The third kappa shape index (κ3) is 2.93. The van der Waals surface area contributed by atoms with Crippen LogP contribution in [0.25, 0.3) is 5.57 Å². The van der Waals surface area contributed by atoms with Crippen molar-refractivity contribution in [1.82, 2.24) is 5.32 Å². The molecule has 0 aliphatic carbocycles. The molecular formula is C17H15F3N2O2. The average molecular weight is 336 g/mol. The Bertz CT molecular complexity index is 763. The van der Waals surface area contributed by atoms with Crippen LogP contribution in [-0.2, 0) is 15.7 Å². The van der Waals surface area contributed by atoms with E-state index in [1.807, 2.05) is 6.08 Å². The first-order valence-electron chi connectivity index (χ1n) is 7.39. The van der Waals surface area contributed by atoms with Crippen LogP contribution in [0.5, 0.6) is 0 Å². The molecule has 2 aliphatic rings. The Morgan fingerprint density at radius 2 is 2.12 bits per heavy atom. The maximum absolute atomic E-state index is 12.9. The van der Waals surface area contributed by atoms with Gasteiger partial charge in [-0.1, -0.05) is 18.2 Å². The normalized spacial score (nSPS) is 20.9. The van der Waals surface area contributed by atoms with E-state index >= 15 is 0 Å². The molecule has 4 nitrogen and oxygen atoms in total. The van der Waals surface area contributed by atoms with Gasteiger partial charge in [0.25, 0.3) is 0 Å². The second-order valence-electron chi connectivity index (χ2n) is 5.43. The van der Waals surface area contributed by atoms with Crippen LogP contribution < -0.4 is 5.32 Å². The standard InChI is InChI=1S/C17H15F3N2O2/c1-21-16-13(10-4-2-6-12(8-10)17(18,19)20)14(23)15(24-16)11-5-3-7-22-9-11/h2,4-8,15,21H,3,9H2,1H3. The van der Waals surface area contributed by atoms with Gasteiger partial charge >= 0.3 is 6.18 Å². The highest BCUT2D eigenvalue weighted by molar-refractivity contribution is 6.26. The van der Waals surface area contributed by atoms with Crippen molar-refractivity contribution in [3.8, 4) is 0 Å². The van der Waals surface area contributed by atoms with Crippen LogP contribution in [0.3, 0.4) is 0 Å². The summed E-state index contributed by atoms with van der Waals surface area (Å²) >= 11 is 0. The zero-order valence-corrected chi connectivity index (χ0v) is 12.9. The van der Waals surface area contributed by atoms with Crippen molar-refractivity contribution >= 4 is 17.6 Å². The minimum Gasteiger partial charge on any atom is -0.462 e. The molecule has 1 unspecified atom stereocenters. The molecule has 0 aromatic heterocycles. The first-order valence-corrected chi connectivity index (χ1v) is 7.39. The molecule has 7 heteroatoms. The van der Waals surface area contributed by atoms with Crippen molar-refractivity contribution in [3.05, 3.63) is 52.9 Å². The number of ether oxygens (including phenoxy) is 1. The van der Waals surface area contributed by atoms with Gasteiger partial charge in [0.05, 0.1) is 17.7 Å². The highest BCUT2D eigenvalue weighted by Crippen LogP contribution is 2.35. The molecule has 1 aromatic rings. The lowest BCUT2D eigenvalue weighted by Gasteiger charge is -2.15. The van der Waals surface area contributed by atoms with E-state index in [0.717, 1.165) is 17.7 Å². The third-order valence-corrected chi connectivity index (χ3v) is 3.88. The van der Waals surface area contributed by atoms with E-state index in [9.17, 15) is 18.0 Å². The van der Waals surface area contributed by atoms with E-state index in [-0.39, 0.29) is 22.8 Å². The molecule has 2 aliphatic heterocycles. The summed E-state index contributed by atoms with van der Waals surface area (Å²) in [6, 6.07) is 4.69. The van der Waals surface area contributed by atoms with E-state index in [1.165, 1.54) is 12.1 Å². The largest absolute Gasteiger partial charge is 0.462 e. The van der Waals surface area contributed by atoms with Crippen LogP contribution in [0.15, 0.2) is 46.8 Å². The summed E-state index contributed by atoms with van der Waals surface area (Å²) in [5, 5.41) is 2.76. The molecule has 1 N–H and O–H groups in total. The molecule has 0 amide bonds. The van der Waals surface area contributed by atoms with Crippen LogP contribution in [0, 0.1) is 0 Å². The molecule has 24 heavy (non-hydrogen) atoms. The summed E-state index contributed by atoms with van der Waals surface area (Å²) in [7, 11) is 1.56. The van der Waals surface area contributed by atoms with Crippen molar-refractivity contribution in [2.45, 2.75) is 18.7 Å². The number of Topliss-reactive ketones (excluding diaryl/α,β-unsaturated/α-hetero) is 1. The van der Waals surface area contributed by atoms with Gasteiger partial charge in [-0.05, 0) is 23.3 Å². The van der Waals surface area contributed by atoms with Gasteiger partial charge in [0.1, 0.15) is 0 Å². The van der Waals surface area contributed by atoms with Gasteiger partial charge < -0.3 is 10.1 Å². The third-order valence-electron chi connectivity index (χ3n) is 3.88. The molecule has 1 atom stereocenters. The zero-order valence-electron chi connectivity index (χ0n) is 12.9. The lowest BCUT2D eigenvalue weighted by atomic mass is 9.95. The summed E-state index contributed by atoms with van der Waals surface area (Å²) in [5.74, 6) is -0.179. The number of carbonyl (C=O) groups excluding carboxylic acids is 1. The van der Waals surface area contributed by atoms with Gasteiger partial charge in [-0.25, -0.2) is 0 Å².